The van der Waals surface area contributed by atoms with E-state index in [1.807, 2.05) is 24.3 Å². The first-order valence-corrected chi connectivity index (χ1v) is 9.86. The molecular weight excluding hydrogens is 581 g/mol. The first-order valence-electron chi connectivity index (χ1n) is 11.4. The Morgan fingerprint density at radius 2 is 1.94 bits per heavy atom. The minimum atomic E-state index is -2.27. The van der Waals surface area contributed by atoms with Crippen LogP contribution in [0.15, 0.2) is 58.8 Å². The van der Waals surface area contributed by atoms with Crippen molar-refractivity contribution in [3.05, 3.63) is 71.8 Å². The third kappa shape index (κ3) is 5.90. The van der Waals surface area contributed by atoms with E-state index in [9.17, 15) is 4.79 Å². The minimum absolute atomic E-state index is 0. The van der Waals surface area contributed by atoms with Crippen molar-refractivity contribution in [1.29, 1.82) is 0 Å². The predicted octanol–water partition coefficient (Wildman–Crippen LogP) is 6.48. The van der Waals surface area contributed by atoms with Crippen molar-refractivity contribution < 1.29 is 38.5 Å². The molecular formula is C26H27IrN2O3-. The van der Waals surface area contributed by atoms with Crippen LogP contribution in [0.5, 0.6) is 0 Å². The summed E-state index contributed by atoms with van der Waals surface area (Å²) in [5.74, 6) is -0.0625. The number of allylic oxidation sites excluding steroid dienone is 2. The normalized spacial score (nSPS) is 13.4. The fourth-order valence-corrected chi connectivity index (χ4v) is 3.14. The number of aryl methyl sites for hydroxylation is 1. The van der Waals surface area contributed by atoms with E-state index < -0.39 is 6.85 Å². The first kappa shape index (κ1) is 21.0. The number of hydrogen-bond donors (Lipinski definition) is 1. The van der Waals surface area contributed by atoms with Crippen molar-refractivity contribution in [2.75, 3.05) is 0 Å². The van der Waals surface area contributed by atoms with Gasteiger partial charge in [0.2, 0.25) is 5.71 Å². The number of aromatic nitrogens is 2. The molecule has 0 amide bonds. The minimum Gasteiger partial charge on any atom is -0.512 e. The van der Waals surface area contributed by atoms with Gasteiger partial charge in [-0.05, 0) is 55.6 Å². The Kier molecular flexibility index (Phi) is 6.71. The van der Waals surface area contributed by atoms with E-state index >= 15 is 0 Å². The topological polar surface area (TPSA) is 76.2 Å². The van der Waals surface area contributed by atoms with Gasteiger partial charge in [0.15, 0.2) is 5.78 Å². The van der Waals surface area contributed by atoms with E-state index in [0.717, 1.165) is 27.6 Å². The molecule has 0 saturated carbocycles. The smallest absolute Gasteiger partial charge is 0.216 e. The third-order valence-electron chi connectivity index (χ3n) is 4.59. The zero-order valence-electron chi connectivity index (χ0n) is 21.6. The Balaban J connectivity index is 0.000000476. The Hall–Kier alpha value is -2.82. The van der Waals surface area contributed by atoms with Crippen molar-refractivity contribution >= 4 is 27.9 Å². The molecule has 0 aliphatic rings. The predicted molar refractivity (Wildman–Crippen MR) is 124 cm³/mol. The van der Waals surface area contributed by atoms with E-state index in [-0.39, 0.29) is 42.8 Å². The van der Waals surface area contributed by atoms with Gasteiger partial charge in [-0.1, -0.05) is 37.8 Å². The summed E-state index contributed by atoms with van der Waals surface area (Å²) in [6.45, 7) is 7.03. The van der Waals surface area contributed by atoms with E-state index in [4.69, 9.17) is 13.6 Å². The molecule has 169 valence electrons. The van der Waals surface area contributed by atoms with Crippen molar-refractivity contribution in [1.82, 2.24) is 9.97 Å². The molecule has 32 heavy (non-hydrogen) atoms. The number of nitrogens with zero attached hydrogens (tertiary/aromatic N) is 2. The molecule has 3 heterocycles. The molecule has 0 bridgehead atoms. The number of ketones is 1. The van der Waals surface area contributed by atoms with E-state index in [0.29, 0.717) is 11.3 Å². The summed E-state index contributed by atoms with van der Waals surface area (Å²) < 4.78 is 28.6. The Bertz CT molecular complexity index is 1380. The van der Waals surface area contributed by atoms with Crippen LogP contribution in [0.4, 0.5) is 0 Å². The summed E-state index contributed by atoms with van der Waals surface area (Å²) in [7, 11) is 0. The number of pyridine rings is 2. The molecule has 0 aliphatic carbocycles. The van der Waals surface area contributed by atoms with Gasteiger partial charge in [0, 0.05) is 47.6 Å². The fraction of sp³-hybridized carbons (Fsp3) is 0.269. The number of carbonyl (C=O) groups is 1. The molecule has 0 unspecified atom stereocenters. The number of fused-ring (bicyclic) bond motifs is 3. The monoisotopic (exact) mass is 611 g/mol. The first-order chi connectivity index (χ1) is 15.8. The number of furan rings is 1. The zero-order valence-corrected chi connectivity index (χ0v) is 21.0. The van der Waals surface area contributed by atoms with Crippen LogP contribution in [0.2, 0.25) is 0 Å². The standard InChI is InChI=1S/C21H19N2O.C5H8O2.Ir/c1-13-8-9-16-15-6-5-7-17(19(15)24-20(16)23-13)18-12-14(10-11-22-18)21(2,3)4;1-4(6)3-5(2)7;/h5-6,8-12H,1-4H3;3,6H,1-2H3;/q-1;;/b;4-3-;/i1D3;;. The zero-order chi connectivity index (χ0) is 25.3. The number of rotatable bonds is 2. The van der Waals surface area contributed by atoms with Gasteiger partial charge in [-0.3, -0.25) is 4.79 Å². The van der Waals surface area contributed by atoms with Crippen LogP contribution in [0.25, 0.3) is 33.3 Å². The van der Waals surface area contributed by atoms with Gasteiger partial charge in [0.1, 0.15) is 0 Å². The molecule has 1 N–H and O–H groups in total. The average molecular weight is 611 g/mol. The summed E-state index contributed by atoms with van der Waals surface area (Å²) in [6.07, 6.45) is 2.95. The molecule has 0 spiro atoms. The fourth-order valence-electron chi connectivity index (χ4n) is 3.14. The number of benzene rings is 1. The third-order valence-corrected chi connectivity index (χ3v) is 4.59. The molecule has 0 aliphatic heterocycles. The maximum Gasteiger partial charge on any atom is 0.216 e. The number of aliphatic hydroxyl groups excluding tert-OH is 1. The molecule has 3 aromatic heterocycles. The number of aliphatic hydroxyl groups is 1. The van der Waals surface area contributed by atoms with Crippen molar-refractivity contribution in [3.63, 3.8) is 0 Å². The van der Waals surface area contributed by atoms with Crippen molar-refractivity contribution in [2.45, 2.75) is 46.9 Å². The summed E-state index contributed by atoms with van der Waals surface area (Å²) >= 11 is 0. The van der Waals surface area contributed by atoms with Gasteiger partial charge in [0.25, 0.3) is 0 Å². The van der Waals surface area contributed by atoms with Gasteiger partial charge in [-0.25, -0.2) is 4.98 Å². The van der Waals surface area contributed by atoms with Crippen LogP contribution in [-0.4, -0.2) is 20.9 Å². The second-order valence-electron chi connectivity index (χ2n) is 8.32. The molecule has 4 rings (SSSR count). The van der Waals surface area contributed by atoms with Crippen LogP contribution in [0, 0.1) is 12.9 Å². The van der Waals surface area contributed by atoms with Gasteiger partial charge in [-0.2, -0.15) is 0 Å². The molecule has 0 atom stereocenters. The molecule has 4 aromatic rings. The van der Waals surface area contributed by atoms with Gasteiger partial charge in [-0.15, -0.1) is 18.2 Å². The van der Waals surface area contributed by atoms with Gasteiger partial charge in [0.05, 0.1) is 11.3 Å². The molecule has 0 fully saturated rings. The summed E-state index contributed by atoms with van der Waals surface area (Å²) in [5, 5.41) is 10.0. The van der Waals surface area contributed by atoms with Crippen LogP contribution in [0.1, 0.15) is 50.0 Å². The Morgan fingerprint density at radius 3 is 2.53 bits per heavy atom. The average Bonchev–Trinajstić information content (AvgIpc) is 3.10. The molecule has 6 heteroatoms. The maximum absolute atomic E-state index is 10.0. The molecule has 1 aromatic carbocycles. The molecule has 1 radical (unpaired) electrons. The van der Waals surface area contributed by atoms with E-state index in [1.54, 1.807) is 12.3 Å². The van der Waals surface area contributed by atoms with Crippen LogP contribution < -0.4 is 0 Å². The second kappa shape index (κ2) is 10.2. The summed E-state index contributed by atoms with van der Waals surface area (Å²) in [4.78, 5) is 18.7. The largest absolute Gasteiger partial charge is 0.512 e. The Labute approximate surface area is 206 Å². The van der Waals surface area contributed by atoms with Crippen LogP contribution in [0.3, 0.4) is 0 Å². The molecule has 5 nitrogen and oxygen atoms in total. The SMILES string of the molecule is CC(=O)/C=C(/C)O.[2H]C([2H])([2H])c1ccc2c(n1)oc1c(-c3cc(C(C)(C)C)ccn3)[c-]ccc12.[Ir]. The van der Waals surface area contributed by atoms with Gasteiger partial charge >= 0.3 is 0 Å². The van der Waals surface area contributed by atoms with Gasteiger partial charge < -0.3 is 14.5 Å². The summed E-state index contributed by atoms with van der Waals surface area (Å²) in [5.41, 5.74) is 3.61. The van der Waals surface area contributed by atoms with Crippen molar-refractivity contribution in [2.24, 2.45) is 0 Å². The van der Waals surface area contributed by atoms with Crippen LogP contribution >= 0.6 is 0 Å². The quantitative estimate of drug-likeness (QED) is 0.160. The maximum atomic E-state index is 10.0. The summed E-state index contributed by atoms with van der Waals surface area (Å²) in [6, 6.07) is 14.3. The molecule has 0 saturated heterocycles. The number of carbonyl (C=O) groups excluding carboxylic acids is 1. The van der Waals surface area contributed by atoms with Crippen LogP contribution in [-0.2, 0) is 30.3 Å². The van der Waals surface area contributed by atoms with E-state index in [1.165, 1.54) is 26.0 Å². The van der Waals surface area contributed by atoms with E-state index in [2.05, 4.69) is 36.8 Å². The number of hydrogen-bond acceptors (Lipinski definition) is 5. The van der Waals surface area contributed by atoms with Crippen molar-refractivity contribution in [3.8, 4) is 11.3 Å². The second-order valence-corrected chi connectivity index (χ2v) is 8.32. The Morgan fingerprint density at radius 1 is 1.19 bits per heavy atom.